The van der Waals surface area contributed by atoms with Crippen LogP contribution in [0, 0.1) is 0 Å². The second kappa shape index (κ2) is 8.49. The molecule has 30 heavy (non-hydrogen) atoms. The molecule has 158 valence electrons. The van der Waals surface area contributed by atoms with E-state index in [1.54, 1.807) is 24.3 Å². The van der Waals surface area contributed by atoms with Crippen LogP contribution >= 0.6 is 0 Å². The van der Waals surface area contributed by atoms with E-state index >= 15 is 0 Å². The molecule has 1 aromatic heterocycles. The fourth-order valence-electron chi connectivity index (χ4n) is 3.70. The molecule has 1 aliphatic rings. The molecule has 3 aromatic rings. The number of piperazine rings is 1. The predicted molar refractivity (Wildman–Crippen MR) is 116 cm³/mol. The average molecular weight is 428 g/mol. The Labute approximate surface area is 176 Å². The van der Waals surface area contributed by atoms with E-state index < -0.39 is 9.84 Å². The number of hydrogen-bond donors (Lipinski definition) is 1. The number of ether oxygens (including phenoxy) is 1. The average Bonchev–Trinajstić information content (AvgIpc) is 3.22. The van der Waals surface area contributed by atoms with Crippen LogP contribution in [0.5, 0.6) is 5.75 Å². The number of carbonyl (C=O) groups is 1. The number of aromatic amines is 1. The first-order valence-electron chi connectivity index (χ1n) is 9.92. The van der Waals surface area contributed by atoms with Crippen molar-refractivity contribution in [3.05, 3.63) is 60.3 Å². The minimum absolute atomic E-state index is 0.0187. The number of carbonyl (C=O) groups excluding carboxylic acids is 1. The van der Waals surface area contributed by atoms with Gasteiger partial charge in [-0.3, -0.25) is 9.69 Å². The molecular formula is C22H25N3O4S. The van der Waals surface area contributed by atoms with Gasteiger partial charge in [-0.05, 0) is 30.3 Å². The van der Waals surface area contributed by atoms with E-state index in [1.165, 1.54) is 7.11 Å². The van der Waals surface area contributed by atoms with Crippen molar-refractivity contribution in [3.63, 3.8) is 0 Å². The Kier molecular flexibility index (Phi) is 5.78. The van der Waals surface area contributed by atoms with Gasteiger partial charge in [-0.15, -0.1) is 0 Å². The Morgan fingerprint density at radius 1 is 1.03 bits per heavy atom. The highest BCUT2D eigenvalue weighted by atomic mass is 32.2. The van der Waals surface area contributed by atoms with Gasteiger partial charge >= 0.3 is 0 Å². The second-order valence-electron chi connectivity index (χ2n) is 7.40. The van der Waals surface area contributed by atoms with Crippen LogP contribution < -0.4 is 4.74 Å². The molecule has 1 fully saturated rings. The fraction of sp³-hybridized carbons (Fsp3) is 0.318. The zero-order chi connectivity index (χ0) is 21.1. The summed E-state index contributed by atoms with van der Waals surface area (Å²) >= 11 is 0. The number of methoxy groups -OCH3 is 1. The fourth-order valence-corrected chi connectivity index (χ4v) is 5.01. The first-order chi connectivity index (χ1) is 14.5. The number of fused-ring (bicyclic) bond motifs is 1. The monoisotopic (exact) mass is 427 g/mol. The largest absolute Gasteiger partial charge is 0.497 e. The standard InChI is InChI=1S/C22H25N3O4S/c1-29-18-6-4-7-19(16-18)30(27,28)14-13-24-9-11-25(12-10-24)22(26)21-15-17-5-2-3-8-20(17)23-21/h2-8,15-16,23H,9-14H2,1H3. The molecule has 0 bridgehead atoms. The smallest absolute Gasteiger partial charge is 0.270 e. The lowest BCUT2D eigenvalue weighted by molar-refractivity contribution is 0.0639. The molecule has 2 heterocycles. The van der Waals surface area contributed by atoms with Crippen molar-refractivity contribution in [1.82, 2.24) is 14.8 Å². The predicted octanol–water partition coefficient (Wildman–Crippen LogP) is 2.41. The van der Waals surface area contributed by atoms with Crippen LogP contribution in [0.15, 0.2) is 59.5 Å². The van der Waals surface area contributed by atoms with Crippen LogP contribution in [0.1, 0.15) is 10.5 Å². The number of nitrogens with zero attached hydrogens (tertiary/aromatic N) is 2. The molecule has 0 spiro atoms. The molecule has 0 radical (unpaired) electrons. The Balaban J connectivity index is 1.32. The first kappa shape index (κ1) is 20.4. The summed E-state index contributed by atoms with van der Waals surface area (Å²) in [6, 6.07) is 16.2. The Bertz CT molecular complexity index is 1110. The van der Waals surface area contributed by atoms with Crippen molar-refractivity contribution in [2.75, 3.05) is 45.6 Å². The molecule has 2 aromatic carbocycles. The quantitative estimate of drug-likeness (QED) is 0.653. The molecule has 8 heteroatoms. The van der Waals surface area contributed by atoms with Crippen LogP contribution in [0.4, 0.5) is 0 Å². The van der Waals surface area contributed by atoms with E-state index in [4.69, 9.17) is 4.74 Å². The van der Waals surface area contributed by atoms with Crippen LogP contribution in [0.2, 0.25) is 0 Å². The van der Waals surface area contributed by atoms with Crippen molar-refractivity contribution in [2.45, 2.75) is 4.90 Å². The number of amides is 1. The summed E-state index contributed by atoms with van der Waals surface area (Å²) < 4.78 is 30.4. The maximum absolute atomic E-state index is 12.8. The summed E-state index contributed by atoms with van der Waals surface area (Å²) in [4.78, 5) is 20.2. The Hall–Kier alpha value is -2.84. The molecule has 0 aliphatic carbocycles. The molecular weight excluding hydrogens is 402 g/mol. The van der Waals surface area contributed by atoms with Crippen LogP contribution in [-0.2, 0) is 9.84 Å². The molecule has 1 saturated heterocycles. The summed E-state index contributed by atoms with van der Waals surface area (Å²) in [5.74, 6) is 0.547. The third-order valence-electron chi connectivity index (χ3n) is 5.50. The topological polar surface area (TPSA) is 82.7 Å². The highest BCUT2D eigenvalue weighted by Gasteiger charge is 2.24. The lowest BCUT2D eigenvalue weighted by Gasteiger charge is -2.34. The van der Waals surface area contributed by atoms with Crippen molar-refractivity contribution in [2.24, 2.45) is 0 Å². The first-order valence-corrected chi connectivity index (χ1v) is 11.6. The van der Waals surface area contributed by atoms with Gasteiger partial charge < -0.3 is 14.6 Å². The highest BCUT2D eigenvalue weighted by molar-refractivity contribution is 7.91. The third-order valence-corrected chi connectivity index (χ3v) is 7.19. The number of aromatic nitrogens is 1. The van der Waals surface area contributed by atoms with Gasteiger partial charge in [0.05, 0.1) is 17.8 Å². The van der Waals surface area contributed by atoms with Gasteiger partial charge in [0.15, 0.2) is 9.84 Å². The Morgan fingerprint density at radius 2 is 1.80 bits per heavy atom. The number of hydrogen-bond acceptors (Lipinski definition) is 5. The van der Waals surface area contributed by atoms with Crippen LogP contribution in [0.3, 0.4) is 0 Å². The molecule has 0 unspecified atom stereocenters. The number of sulfone groups is 1. The van der Waals surface area contributed by atoms with E-state index in [2.05, 4.69) is 9.88 Å². The number of nitrogens with one attached hydrogen (secondary N) is 1. The SMILES string of the molecule is COc1cccc(S(=O)(=O)CCN2CCN(C(=O)c3cc4ccccc4[nH]3)CC2)c1. The maximum atomic E-state index is 12.8. The van der Waals surface area contributed by atoms with Crippen LogP contribution in [0.25, 0.3) is 10.9 Å². The zero-order valence-corrected chi connectivity index (χ0v) is 17.7. The van der Waals surface area contributed by atoms with Gasteiger partial charge in [0.1, 0.15) is 11.4 Å². The number of H-pyrrole nitrogens is 1. The van der Waals surface area contributed by atoms with Gasteiger partial charge in [-0.1, -0.05) is 24.3 Å². The lowest BCUT2D eigenvalue weighted by Crippen LogP contribution is -2.49. The molecule has 4 rings (SSSR count). The minimum Gasteiger partial charge on any atom is -0.497 e. The Morgan fingerprint density at radius 3 is 2.53 bits per heavy atom. The van der Waals surface area contributed by atoms with Gasteiger partial charge in [-0.25, -0.2) is 8.42 Å². The second-order valence-corrected chi connectivity index (χ2v) is 9.51. The van der Waals surface area contributed by atoms with Gasteiger partial charge in [-0.2, -0.15) is 0 Å². The maximum Gasteiger partial charge on any atom is 0.270 e. The van der Waals surface area contributed by atoms with E-state index in [0.29, 0.717) is 44.2 Å². The van der Waals surface area contributed by atoms with Crippen molar-refractivity contribution in [3.8, 4) is 5.75 Å². The minimum atomic E-state index is -3.39. The van der Waals surface area contributed by atoms with Crippen molar-refractivity contribution >= 4 is 26.6 Å². The van der Waals surface area contributed by atoms with E-state index in [1.807, 2.05) is 35.2 Å². The zero-order valence-electron chi connectivity index (χ0n) is 16.9. The van der Waals surface area contributed by atoms with E-state index in [9.17, 15) is 13.2 Å². The van der Waals surface area contributed by atoms with Gasteiger partial charge in [0.25, 0.3) is 5.91 Å². The number of benzene rings is 2. The normalized spacial score (nSPS) is 15.4. The van der Waals surface area contributed by atoms with Crippen LogP contribution in [-0.4, -0.2) is 74.7 Å². The lowest BCUT2D eigenvalue weighted by atomic mass is 10.2. The van der Waals surface area contributed by atoms with Crippen molar-refractivity contribution < 1.29 is 17.9 Å². The molecule has 7 nitrogen and oxygen atoms in total. The molecule has 1 amide bonds. The van der Waals surface area contributed by atoms with Crippen molar-refractivity contribution in [1.29, 1.82) is 0 Å². The van der Waals surface area contributed by atoms with E-state index in [-0.39, 0.29) is 16.6 Å². The third kappa shape index (κ3) is 4.34. The summed E-state index contributed by atoms with van der Waals surface area (Å²) in [5.41, 5.74) is 1.53. The van der Waals surface area contributed by atoms with E-state index in [0.717, 1.165) is 10.9 Å². The van der Waals surface area contributed by atoms with Gasteiger partial charge in [0.2, 0.25) is 0 Å². The molecule has 1 N–H and O–H groups in total. The summed E-state index contributed by atoms with van der Waals surface area (Å²) in [7, 11) is -1.87. The summed E-state index contributed by atoms with van der Waals surface area (Å²) in [5, 5.41) is 1.02. The number of para-hydroxylation sites is 1. The highest BCUT2D eigenvalue weighted by Crippen LogP contribution is 2.19. The summed E-state index contributed by atoms with van der Waals surface area (Å²) in [6.45, 7) is 2.90. The number of rotatable bonds is 6. The van der Waals surface area contributed by atoms with Gasteiger partial charge in [0, 0.05) is 43.6 Å². The molecule has 1 aliphatic heterocycles. The summed E-state index contributed by atoms with van der Waals surface area (Å²) in [6.07, 6.45) is 0. The molecule has 0 atom stereocenters. The molecule has 0 saturated carbocycles.